The zero-order chi connectivity index (χ0) is 13.2. The molecule has 0 aromatic heterocycles. The first-order valence-corrected chi connectivity index (χ1v) is 7.42. The lowest BCUT2D eigenvalue weighted by Gasteiger charge is -2.34. The topological polar surface area (TPSA) is 12.0 Å². The fourth-order valence-corrected chi connectivity index (χ4v) is 3.62. The number of nitrogens with one attached hydrogen (secondary N) is 1. The molecular formula is C15H21Cl2N. The fraction of sp³-hybridized carbons (Fsp3) is 0.600. The van der Waals surface area contributed by atoms with Gasteiger partial charge in [0.1, 0.15) is 0 Å². The van der Waals surface area contributed by atoms with Gasteiger partial charge in [-0.1, -0.05) is 49.0 Å². The van der Waals surface area contributed by atoms with Crippen LogP contribution in [0.5, 0.6) is 0 Å². The number of likely N-dealkylation sites (N-methyl/N-ethyl adjacent to an activating group) is 1. The Morgan fingerprint density at radius 1 is 1.28 bits per heavy atom. The quantitative estimate of drug-likeness (QED) is 0.845. The summed E-state index contributed by atoms with van der Waals surface area (Å²) in [5.41, 5.74) is 1.59. The van der Waals surface area contributed by atoms with Crippen LogP contribution in [0.3, 0.4) is 0 Å². The molecule has 100 valence electrons. The summed E-state index contributed by atoms with van der Waals surface area (Å²) in [6, 6.07) is 6.29. The molecule has 1 N–H and O–H groups in total. The van der Waals surface area contributed by atoms with Gasteiger partial charge in [0.25, 0.3) is 0 Å². The molecule has 1 aliphatic rings. The molecule has 1 aromatic rings. The Balaban J connectivity index is 2.15. The van der Waals surface area contributed by atoms with Gasteiger partial charge in [-0.3, -0.25) is 0 Å². The maximum absolute atomic E-state index is 6.27. The number of benzene rings is 1. The van der Waals surface area contributed by atoms with Gasteiger partial charge in [0.05, 0.1) is 0 Å². The van der Waals surface area contributed by atoms with Gasteiger partial charge < -0.3 is 5.32 Å². The molecule has 0 spiro atoms. The van der Waals surface area contributed by atoms with Gasteiger partial charge in [-0.25, -0.2) is 0 Å². The largest absolute Gasteiger partial charge is 0.316 e. The Hall–Kier alpha value is -0.240. The van der Waals surface area contributed by atoms with Crippen LogP contribution in [-0.4, -0.2) is 13.1 Å². The van der Waals surface area contributed by atoms with Crippen LogP contribution < -0.4 is 5.32 Å². The molecular weight excluding hydrogens is 265 g/mol. The van der Waals surface area contributed by atoms with Crippen molar-refractivity contribution in [2.24, 2.45) is 5.41 Å². The van der Waals surface area contributed by atoms with E-state index in [1.807, 2.05) is 18.2 Å². The van der Waals surface area contributed by atoms with Crippen molar-refractivity contribution in [3.05, 3.63) is 33.8 Å². The zero-order valence-electron chi connectivity index (χ0n) is 11.1. The number of hydrogen-bond acceptors (Lipinski definition) is 1. The van der Waals surface area contributed by atoms with Crippen LogP contribution >= 0.6 is 23.2 Å². The lowest BCUT2D eigenvalue weighted by molar-refractivity contribution is 0.229. The van der Waals surface area contributed by atoms with E-state index in [9.17, 15) is 0 Å². The summed E-state index contributed by atoms with van der Waals surface area (Å²) in [6.45, 7) is 2.39. The second-order valence-electron chi connectivity index (χ2n) is 5.64. The van der Waals surface area contributed by atoms with Crippen molar-refractivity contribution in [2.75, 3.05) is 7.05 Å². The minimum Gasteiger partial charge on any atom is -0.316 e. The van der Waals surface area contributed by atoms with E-state index in [0.717, 1.165) is 11.4 Å². The first-order chi connectivity index (χ1) is 8.55. The van der Waals surface area contributed by atoms with E-state index >= 15 is 0 Å². The third-order valence-electron chi connectivity index (χ3n) is 4.37. The highest BCUT2D eigenvalue weighted by Gasteiger charge is 2.36. The molecule has 1 saturated carbocycles. The van der Waals surface area contributed by atoms with E-state index in [2.05, 4.69) is 19.3 Å². The van der Waals surface area contributed by atoms with Gasteiger partial charge in [-0.15, -0.1) is 0 Å². The van der Waals surface area contributed by atoms with Crippen LogP contribution in [0.15, 0.2) is 18.2 Å². The van der Waals surface area contributed by atoms with E-state index in [1.165, 1.54) is 31.2 Å². The van der Waals surface area contributed by atoms with Crippen LogP contribution in [0.1, 0.15) is 38.2 Å². The van der Waals surface area contributed by atoms with Crippen molar-refractivity contribution in [2.45, 2.75) is 45.1 Å². The van der Waals surface area contributed by atoms with Gasteiger partial charge in [-0.2, -0.15) is 0 Å². The number of halogens is 2. The van der Waals surface area contributed by atoms with Crippen LogP contribution in [0.25, 0.3) is 0 Å². The highest BCUT2D eigenvalue weighted by molar-refractivity contribution is 6.35. The third kappa shape index (κ3) is 3.01. The van der Waals surface area contributed by atoms with Gasteiger partial charge in [0, 0.05) is 16.1 Å². The molecule has 18 heavy (non-hydrogen) atoms. The van der Waals surface area contributed by atoms with Gasteiger partial charge in [0.15, 0.2) is 0 Å². The molecule has 1 aliphatic carbocycles. The number of rotatable bonds is 4. The van der Waals surface area contributed by atoms with E-state index in [1.54, 1.807) is 0 Å². The van der Waals surface area contributed by atoms with Crippen molar-refractivity contribution >= 4 is 23.2 Å². The van der Waals surface area contributed by atoms with Crippen LogP contribution in [0.4, 0.5) is 0 Å². The molecule has 2 rings (SSSR count). The smallest absolute Gasteiger partial charge is 0.0453 e. The predicted molar refractivity (Wildman–Crippen MR) is 79.6 cm³/mol. The van der Waals surface area contributed by atoms with Crippen molar-refractivity contribution in [1.82, 2.24) is 5.32 Å². The summed E-state index contributed by atoms with van der Waals surface area (Å²) in [4.78, 5) is 0. The Bertz CT molecular complexity index is 411. The first kappa shape index (κ1) is 14.2. The normalized spacial score (nSPS) is 20.0. The van der Waals surface area contributed by atoms with E-state index < -0.39 is 0 Å². The zero-order valence-corrected chi connectivity index (χ0v) is 12.6. The van der Waals surface area contributed by atoms with Gasteiger partial charge in [0.2, 0.25) is 0 Å². The molecule has 3 heteroatoms. The Labute approximate surface area is 120 Å². The maximum Gasteiger partial charge on any atom is 0.0453 e. The van der Waals surface area contributed by atoms with Crippen molar-refractivity contribution < 1.29 is 0 Å². The molecule has 1 aromatic carbocycles. The molecule has 1 nitrogen and oxygen atoms in total. The van der Waals surface area contributed by atoms with Crippen LogP contribution in [0, 0.1) is 5.41 Å². The minimum atomic E-state index is 0.401. The maximum atomic E-state index is 6.27. The highest BCUT2D eigenvalue weighted by Crippen LogP contribution is 2.41. The standard InChI is InChI=1S/C15H21Cl2N/c1-15(7-3-4-8-15)14(18-2)9-11-5-6-12(16)10-13(11)17/h5-6,10,14,18H,3-4,7-9H2,1-2H3. The predicted octanol–water partition coefficient (Wildman–Crippen LogP) is 4.70. The average Bonchev–Trinajstić information content (AvgIpc) is 2.76. The SMILES string of the molecule is CNC(Cc1ccc(Cl)cc1Cl)C1(C)CCCC1. The van der Waals surface area contributed by atoms with E-state index in [0.29, 0.717) is 16.5 Å². The summed E-state index contributed by atoms with van der Waals surface area (Å²) in [6.07, 6.45) is 6.29. The lowest BCUT2D eigenvalue weighted by Crippen LogP contribution is -2.41. The summed E-state index contributed by atoms with van der Waals surface area (Å²) in [5, 5.41) is 4.97. The molecule has 0 saturated heterocycles. The second-order valence-corrected chi connectivity index (χ2v) is 6.49. The van der Waals surface area contributed by atoms with Crippen LogP contribution in [0.2, 0.25) is 10.0 Å². The number of hydrogen-bond donors (Lipinski definition) is 1. The highest BCUT2D eigenvalue weighted by atomic mass is 35.5. The second kappa shape index (κ2) is 5.81. The summed E-state index contributed by atoms with van der Waals surface area (Å²) in [5.74, 6) is 0. The third-order valence-corrected chi connectivity index (χ3v) is 4.96. The Kier molecular flexibility index (Phi) is 4.58. The van der Waals surface area contributed by atoms with Gasteiger partial charge >= 0.3 is 0 Å². The minimum absolute atomic E-state index is 0.401. The molecule has 1 unspecified atom stereocenters. The first-order valence-electron chi connectivity index (χ1n) is 6.66. The van der Waals surface area contributed by atoms with E-state index in [-0.39, 0.29) is 0 Å². The molecule has 1 atom stereocenters. The molecule has 1 fully saturated rings. The van der Waals surface area contributed by atoms with Crippen molar-refractivity contribution in [1.29, 1.82) is 0 Å². The molecule has 0 aliphatic heterocycles. The summed E-state index contributed by atoms with van der Waals surface area (Å²) in [7, 11) is 2.05. The van der Waals surface area contributed by atoms with Crippen LogP contribution in [-0.2, 0) is 6.42 Å². The lowest BCUT2D eigenvalue weighted by atomic mass is 9.78. The Morgan fingerprint density at radius 2 is 1.94 bits per heavy atom. The molecule has 0 radical (unpaired) electrons. The Morgan fingerprint density at radius 3 is 2.50 bits per heavy atom. The monoisotopic (exact) mass is 285 g/mol. The van der Waals surface area contributed by atoms with E-state index in [4.69, 9.17) is 23.2 Å². The summed E-state index contributed by atoms with van der Waals surface area (Å²) >= 11 is 12.2. The molecule has 0 amide bonds. The fourth-order valence-electron chi connectivity index (χ4n) is 3.14. The van der Waals surface area contributed by atoms with Gasteiger partial charge in [-0.05, 0) is 49.4 Å². The van der Waals surface area contributed by atoms with Crippen molar-refractivity contribution in [3.63, 3.8) is 0 Å². The average molecular weight is 286 g/mol. The van der Waals surface area contributed by atoms with Crippen molar-refractivity contribution in [3.8, 4) is 0 Å². The summed E-state index contributed by atoms with van der Waals surface area (Å²) < 4.78 is 0. The molecule has 0 bridgehead atoms. The molecule has 0 heterocycles.